The number of anilines is 2. The number of nitrogens with two attached hydrogens (primary N) is 1. The zero-order valence-corrected chi connectivity index (χ0v) is 19.2. The average molecular weight is 522 g/mol. The van der Waals surface area contributed by atoms with Crippen LogP contribution < -0.4 is 10.6 Å². The normalized spacial score (nSPS) is 11.8. The fraction of sp³-hybridized carbons (Fsp3) is 0.222. The van der Waals surface area contributed by atoms with Gasteiger partial charge in [-0.15, -0.1) is 23.1 Å². The summed E-state index contributed by atoms with van der Waals surface area (Å²) in [7, 11) is 1.53. The Bertz CT molecular complexity index is 1070. The van der Waals surface area contributed by atoms with Crippen LogP contribution in [0.3, 0.4) is 0 Å². The van der Waals surface area contributed by atoms with Gasteiger partial charge >= 0.3 is 5.51 Å². The summed E-state index contributed by atoms with van der Waals surface area (Å²) in [6.45, 7) is 2.00. The summed E-state index contributed by atoms with van der Waals surface area (Å²) in [4.78, 5) is 19.8. The fourth-order valence-corrected chi connectivity index (χ4v) is 6.00. The van der Waals surface area contributed by atoms with Gasteiger partial charge in [0.1, 0.15) is 9.90 Å². The highest BCUT2D eigenvalue weighted by Crippen LogP contribution is 2.41. The van der Waals surface area contributed by atoms with Gasteiger partial charge < -0.3 is 10.6 Å². The number of pyridine rings is 1. The summed E-state index contributed by atoms with van der Waals surface area (Å²) in [6, 6.07) is 6.96. The van der Waals surface area contributed by atoms with Gasteiger partial charge in [0.15, 0.2) is 0 Å². The number of carbonyl (C=O) groups excluding carboxylic acids is 1. The van der Waals surface area contributed by atoms with Gasteiger partial charge in [-0.05, 0) is 24.0 Å². The van der Waals surface area contributed by atoms with E-state index in [1.165, 1.54) is 29.5 Å². The summed E-state index contributed by atoms with van der Waals surface area (Å²) in [5.74, 6) is 0.502. The van der Waals surface area contributed by atoms with Crippen molar-refractivity contribution in [3.63, 3.8) is 0 Å². The molecule has 154 valence electrons. The third-order valence-electron chi connectivity index (χ3n) is 3.86. The predicted octanol–water partition coefficient (Wildman–Crippen LogP) is 6.64. The number of rotatable bonds is 5. The average Bonchev–Trinajstić information content (AvgIpc) is 2.97. The molecular formula is C18H15BrF3N3OS3. The van der Waals surface area contributed by atoms with Gasteiger partial charge in [0, 0.05) is 38.3 Å². The number of fused-ring (bicyclic) bond motifs is 1. The number of carbonyl (C=O) groups is 1. The molecule has 2 heterocycles. The number of thioether (sulfide) groups is 2. The number of nitrogen functional groups attached to an aromatic ring is 1. The SMILES string of the molecule is CCSc1c(C(=O)N(C)c2cnc(SC(F)(F)F)cc2N)sc2cc(Br)ccc12. The molecule has 1 aromatic carbocycles. The van der Waals surface area contributed by atoms with Gasteiger partial charge in [0.25, 0.3) is 5.91 Å². The van der Waals surface area contributed by atoms with Crippen LogP contribution in [0.2, 0.25) is 0 Å². The van der Waals surface area contributed by atoms with Crippen LogP contribution in [0.5, 0.6) is 0 Å². The molecule has 1 amide bonds. The van der Waals surface area contributed by atoms with Crippen LogP contribution in [-0.4, -0.2) is 29.2 Å². The molecule has 0 spiro atoms. The van der Waals surface area contributed by atoms with Gasteiger partial charge in [-0.25, -0.2) is 4.98 Å². The van der Waals surface area contributed by atoms with Crippen LogP contribution in [-0.2, 0) is 0 Å². The van der Waals surface area contributed by atoms with Crippen LogP contribution >= 0.6 is 50.8 Å². The van der Waals surface area contributed by atoms with E-state index >= 15 is 0 Å². The van der Waals surface area contributed by atoms with E-state index in [0.717, 1.165) is 31.3 Å². The van der Waals surface area contributed by atoms with Gasteiger partial charge in [-0.1, -0.05) is 28.9 Å². The van der Waals surface area contributed by atoms with E-state index in [0.29, 0.717) is 4.88 Å². The van der Waals surface area contributed by atoms with Crippen molar-refractivity contribution >= 4 is 78.2 Å². The molecule has 4 nitrogen and oxygen atoms in total. The number of amides is 1. The summed E-state index contributed by atoms with van der Waals surface area (Å²) >= 11 is 6.04. The molecule has 0 aliphatic carbocycles. The van der Waals surface area contributed by atoms with Crippen molar-refractivity contribution in [3.8, 4) is 0 Å². The summed E-state index contributed by atoms with van der Waals surface area (Å²) in [6.07, 6.45) is 1.19. The van der Waals surface area contributed by atoms with E-state index in [1.807, 2.05) is 25.1 Å². The minimum absolute atomic E-state index is 0.0520. The number of thiophene rings is 1. The minimum Gasteiger partial charge on any atom is -0.397 e. The second kappa shape index (κ2) is 8.75. The molecule has 0 bridgehead atoms. The van der Waals surface area contributed by atoms with Crippen LogP contribution in [0.15, 0.2) is 44.9 Å². The molecule has 0 unspecified atom stereocenters. The third-order valence-corrected chi connectivity index (χ3v) is 7.29. The molecule has 0 aliphatic rings. The van der Waals surface area contributed by atoms with Crippen molar-refractivity contribution in [2.45, 2.75) is 22.4 Å². The quantitative estimate of drug-likeness (QED) is 0.381. The van der Waals surface area contributed by atoms with Gasteiger partial charge in [0.05, 0.1) is 17.6 Å². The Labute approximate surface area is 186 Å². The van der Waals surface area contributed by atoms with E-state index in [2.05, 4.69) is 20.9 Å². The lowest BCUT2D eigenvalue weighted by molar-refractivity contribution is -0.0329. The lowest BCUT2D eigenvalue weighted by atomic mass is 10.2. The molecule has 2 N–H and O–H groups in total. The summed E-state index contributed by atoms with van der Waals surface area (Å²) < 4.78 is 39.5. The van der Waals surface area contributed by atoms with Gasteiger partial charge in [-0.3, -0.25) is 4.79 Å². The highest BCUT2D eigenvalue weighted by atomic mass is 79.9. The van der Waals surface area contributed by atoms with Crippen molar-refractivity contribution < 1.29 is 18.0 Å². The highest BCUT2D eigenvalue weighted by Gasteiger charge is 2.31. The van der Waals surface area contributed by atoms with E-state index in [-0.39, 0.29) is 34.1 Å². The number of halogens is 4. The van der Waals surface area contributed by atoms with Crippen molar-refractivity contribution in [1.82, 2.24) is 4.98 Å². The molecule has 29 heavy (non-hydrogen) atoms. The van der Waals surface area contributed by atoms with Crippen molar-refractivity contribution in [2.24, 2.45) is 0 Å². The third kappa shape index (κ3) is 5.01. The Kier molecular flexibility index (Phi) is 6.71. The Balaban J connectivity index is 1.97. The maximum atomic E-state index is 13.2. The highest BCUT2D eigenvalue weighted by molar-refractivity contribution is 9.10. The van der Waals surface area contributed by atoms with E-state index < -0.39 is 5.51 Å². The molecule has 0 saturated carbocycles. The standard InChI is InChI=1S/C18H15BrF3N3OS3/c1-3-27-15-10-5-4-9(19)6-13(10)28-16(15)17(26)25(2)12-8-24-14(7-11(12)23)29-18(20,21)22/h4-8H,3H2,1-2H3,(H2,23,24). The van der Waals surface area contributed by atoms with Crippen LogP contribution in [0.4, 0.5) is 24.5 Å². The summed E-state index contributed by atoms with van der Waals surface area (Å²) in [5.41, 5.74) is 1.78. The first-order chi connectivity index (χ1) is 13.6. The molecule has 11 heteroatoms. The van der Waals surface area contributed by atoms with Crippen LogP contribution in [0.25, 0.3) is 10.1 Å². The molecule has 0 saturated heterocycles. The number of hydrogen-bond donors (Lipinski definition) is 1. The van der Waals surface area contributed by atoms with E-state index in [4.69, 9.17) is 5.73 Å². The Morgan fingerprint density at radius 2 is 2.07 bits per heavy atom. The lowest BCUT2D eigenvalue weighted by Gasteiger charge is -2.19. The maximum absolute atomic E-state index is 13.2. The second-order valence-electron chi connectivity index (χ2n) is 5.83. The number of benzene rings is 1. The fourth-order valence-electron chi connectivity index (χ4n) is 2.64. The monoisotopic (exact) mass is 521 g/mol. The molecule has 0 aliphatic heterocycles. The van der Waals surface area contributed by atoms with Gasteiger partial charge in [0.2, 0.25) is 0 Å². The lowest BCUT2D eigenvalue weighted by Crippen LogP contribution is -2.27. The number of hydrogen-bond acceptors (Lipinski definition) is 6. The van der Waals surface area contributed by atoms with E-state index in [1.54, 1.807) is 11.8 Å². The smallest absolute Gasteiger partial charge is 0.397 e. The van der Waals surface area contributed by atoms with Crippen molar-refractivity contribution in [2.75, 3.05) is 23.4 Å². The second-order valence-corrected chi connectivity index (χ2v) is 10.2. The minimum atomic E-state index is -4.46. The molecule has 0 fully saturated rings. The zero-order valence-electron chi connectivity index (χ0n) is 15.2. The molecule has 0 atom stereocenters. The zero-order chi connectivity index (χ0) is 21.3. The number of nitrogens with zero attached hydrogens (tertiary/aromatic N) is 2. The Morgan fingerprint density at radius 1 is 1.34 bits per heavy atom. The molecule has 2 aromatic heterocycles. The van der Waals surface area contributed by atoms with Crippen LogP contribution in [0, 0.1) is 0 Å². The summed E-state index contributed by atoms with van der Waals surface area (Å²) in [5, 5.41) is 0.721. The molecule has 3 aromatic rings. The molecular weight excluding hydrogens is 507 g/mol. The van der Waals surface area contributed by atoms with Crippen molar-refractivity contribution in [1.29, 1.82) is 0 Å². The topological polar surface area (TPSA) is 59.2 Å². The first-order valence-corrected chi connectivity index (χ1v) is 11.7. The van der Waals surface area contributed by atoms with Crippen LogP contribution in [0.1, 0.15) is 16.6 Å². The van der Waals surface area contributed by atoms with Crippen molar-refractivity contribution in [3.05, 3.63) is 39.8 Å². The number of alkyl halides is 3. The van der Waals surface area contributed by atoms with E-state index in [9.17, 15) is 18.0 Å². The maximum Gasteiger partial charge on any atom is 0.447 e. The predicted molar refractivity (Wildman–Crippen MR) is 119 cm³/mol. The number of aromatic nitrogens is 1. The molecule has 3 rings (SSSR count). The first-order valence-electron chi connectivity index (χ1n) is 8.25. The molecule has 0 radical (unpaired) electrons. The Morgan fingerprint density at radius 3 is 2.69 bits per heavy atom. The van der Waals surface area contributed by atoms with Gasteiger partial charge in [-0.2, -0.15) is 13.2 Å². The Hall–Kier alpha value is -1.43. The first kappa shape index (κ1) is 22.3. The largest absolute Gasteiger partial charge is 0.447 e.